The summed E-state index contributed by atoms with van der Waals surface area (Å²) in [5.41, 5.74) is 8.57. The molecule has 2 fully saturated rings. The van der Waals surface area contributed by atoms with E-state index in [1.807, 2.05) is 19.1 Å². The Morgan fingerprint density at radius 3 is 2.53 bits per heavy atom. The normalized spacial score (nSPS) is 20.0. The van der Waals surface area contributed by atoms with Crippen LogP contribution in [-0.4, -0.2) is 67.5 Å². The highest BCUT2D eigenvalue weighted by atomic mass is 16.5. The third kappa shape index (κ3) is 5.34. The van der Waals surface area contributed by atoms with Crippen molar-refractivity contribution >= 4 is 28.4 Å². The minimum atomic E-state index is -0.439. The number of likely N-dealkylation sites (tertiary alicyclic amines) is 1. The van der Waals surface area contributed by atoms with Gasteiger partial charge in [-0.05, 0) is 79.5 Å². The SMILES string of the molecule is COc1nc(-c2cccc(-c3cccc(Nc4nncc5c4c(=O)n(C)c(=O)n5C)c3C)c2C)cc2c1[C@@H](N1CC[C@]3(CCNC(=O)N3)C1)CC2. The van der Waals surface area contributed by atoms with Crippen LogP contribution in [0.4, 0.5) is 16.3 Å². The molecule has 0 saturated carbocycles. The second-order valence-corrected chi connectivity index (χ2v) is 14.0. The van der Waals surface area contributed by atoms with Gasteiger partial charge in [0.15, 0.2) is 5.82 Å². The number of pyridine rings is 1. The minimum absolute atomic E-state index is 0.0741. The lowest BCUT2D eigenvalue weighted by molar-refractivity contribution is 0.187. The highest BCUT2D eigenvalue weighted by molar-refractivity contribution is 5.91. The first kappa shape index (κ1) is 32.6. The zero-order valence-corrected chi connectivity index (χ0v) is 29.5. The Kier molecular flexibility index (Phi) is 7.90. The first-order valence-corrected chi connectivity index (χ1v) is 17.4. The first-order chi connectivity index (χ1) is 24.6. The molecule has 0 unspecified atom stereocenters. The number of nitrogens with one attached hydrogen (secondary N) is 3. The molecule has 8 rings (SSSR count). The summed E-state index contributed by atoms with van der Waals surface area (Å²) >= 11 is 0. The maximum atomic E-state index is 13.2. The zero-order chi connectivity index (χ0) is 35.6. The lowest BCUT2D eigenvalue weighted by atomic mass is 9.91. The van der Waals surface area contributed by atoms with E-state index in [1.54, 1.807) is 14.2 Å². The lowest BCUT2D eigenvalue weighted by Crippen LogP contribution is -2.59. The summed E-state index contributed by atoms with van der Waals surface area (Å²) in [5.74, 6) is 0.944. The Bertz CT molecular complexity index is 2370. The number of aryl methyl sites for hydroxylation is 2. The van der Waals surface area contributed by atoms with Gasteiger partial charge in [-0.15, -0.1) is 5.10 Å². The van der Waals surface area contributed by atoms with Crippen LogP contribution in [0.15, 0.2) is 58.3 Å². The average Bonchev–Trinajstić information content (AvgIpc) is 3.74. The van der Waals surface area contributed by atoms with Crippen molar-refractivity contribution in [2.24, 2.45) is 14.1 Å². The molecule has 2 aliphatic heterocycles. The Balaban J connectivity index is 1.12. The van der Waals surface area contributed by atoms with E-state index in [-0.39, 0.29) is 23.4 Å². The molecule has 0 radical (unpaired) electrons. The van der Waals surface area contributed by atoms with E-state index < -0.39 is 11.2 Å². The molecule has 2 amide bonds. The van der Waals surface area contributed by atoms with Gasteiger partial charge in [-0.25, -0.2) is 14.6 Å². The number of rotatable bonds is 6. The number of hydrogen-bond donors (Lipinski definition) is 3. The lowest BCUT2D eigenvalue weighted by Gasteiger charge is -2.36. The van der Waals surface area contributed by atoms with Crippen LogP contribution in [0.1, 0.15) is 47.6 Å². The molecule has 2 saturated heterocycles. The predicted molar refractivity (Wildman–Crippen MR) is 196 cm³/mol. The second-order valence-electron chi connectivity index (χ2n) is 14.0. The van der Waals surface area contributed by atoms with Crippen molar-refractivity contribution in [3.05, 3.63) is 91.8 Å². The van der Waals surface area contributed by atoms with Crippen LogP contribution in [0.3, 0.4) is 0 Å². The Labute approximate surface area is 294 Å². The Morgan fingerprint density at radius 1 is 0.980 bits per heavy atom. The van der Waals surface area contributed by atoms with Crippen molar-refractivity contribution in [1.82, 2.24) is 39.8 Å². The third-order valence-corrected chi connectivity index (χ3v) is 11.2. The number of aromatic nitrogens is 5. The molecule has 3 N–H and O–H groups in total. The summed E-state index contributed by atoms with van der Waals surface area (Å²) in [7, 11) is 4.76. The number of methoxy groups -OCH3 is 1. The van der Waals surface area contributed by atoms with E-state index in [9.17, 15) is 14.4 Å². The summed E-state index contributed by atoms with van der Waals surface area (Å²) in [6.45, 7) is 6.61. The van der Waals surface area contributed by atoms with Crippen LogP contribution in [0.5, 0.6) is 5.88 Å². The highest BCUT2D eigenvalue weighted by Gasteiger charge is 2.45. The first-order valence-electron chi connectivity index (χ1n) is 17.4. The van der Waals surface area contributed by atoms with Gasteiger partial charge in [-0.2, -0.15) is 5.10 Å². The van der Waals surface area contributed by atoms with E-state index in [0.29, 0.717) is 23.3 Å². The molecular formula is C38H41N9O4. The van der Waals surface area contributed by atoms with Gasteiger partial charge in [0.1, 0.15) is 5.39 Å². The summed E-state index contributed by atoms with van der Waals surface area (Å²) in [5, 5.41) is 18.1. The van der Waals surface area contributed by atoms with Crippen LogP contribution < -0.4 is 31.9 Å². The van der Waals surface area contributed by atoms with Gasteiger partial charge in [0.25, 0.3) is 5.56 Å². The van der Waals surface area contributed by atoms with E-state index in [1.165, 1.54) is 23.4 Å². The number of nitrogens with zero attached hydrogens (tertiary/aromatic N) is 6. The van der Waals surface area contributed by atoms with Crippen molar-refractivity contribution in [3.8, 4) is 28.3 Å². The number of amides is 2. The van der Waals surface area contributed by atoms with E-state index in [4.69, 9.17) is 9.72 Å². The topological polar surface area (TPSA) is 148 Å². The Morgan fingerprint density at radius 2 is 1.75 bits per heavy atom. The molecule has 3 aliphatic rings. The number of carbonyl (C=O) groups is 1. The van der Waals surface area contributed by atoms with Gasteiger partial charge in [0, 0.05) is 56.6 Å². The number of hydrogen-bond acceptors (Lipinski definition) is 9. The van der Waals surface area contributed by atoms with Gasteiger partial charge in [0.05, 0.1) is 30.1 Å². The molecule has 2 aromatic carbocycles. The van der Waals surface area contributed by atoms with Crippen molar-refractivity contribution in [2.75, 3.05) is 32.1 Å². The zero-order valence-electron chi connectivity index (χ0n) is 29.5. The van der Waals surface area contributed by atoms with Crippen LogP contribution in [-0.2, 0) is 20.5 Å². The van der Waals surface area contributed by atoms with Gasteiger partial charge in [-0.3, -0.25) is 18.8 Å². The molecular weight excluding hydrogens is 646 g/mol. The number of urea groups is 1. The maximum Gasteiger partial charge on any atom is 0.330 e. The third-order valence-electron chi connectivity index (χ3n) is 11.2. The predicted octanol–water partition coefficient (Wildman–Crippen LogP) is 4.26. The summed E-state index contributed by atoms with van der Waals surface area (Å²) in [6.07, 6.45) is 5.22. The van der Waals surface area contributed by atoms with Crippen molar-refractivity contribution in [2.45, 2.75) is 51.1 Å². The number of fused-ring (bicyclic) bond motifs is 2. The monoisotopic (exact) mass is 687 g/mol. The molecule has 3 aromatic heterocycles. The quantitative estimate of drug-likeness (QED) is 0.238. The molecule has 13 nitrogen and oxygen atoms in total. The standard InChI is InChI=1S/C38H41N9O4/c1-21-24(25-9-7-11-27(22(25)2)41-33-32-30(19-40-44-33)45(3)37(50)46(4)35(32)48)8-6-10-26(21)28-18-23-12-13-29(31(23)34(42-28)51-5)47-17-15-38(20-47)14-16-39-36(49)43-38/h6-11,18-19,29H,12-17,20H2,1-5H3,(H,41,44)(H2,39,43,49)/t29-,38+/m0/s1. The van der Waals surface area contributed by atoms with Crippen LogP contribution in [0.25, 0.3) is 33.3 Å². The summed E-state index contributed by atoms with van der Waals surface area (Å²) in [6, 6.07) is 14.6. The number of ether oxygens (including phenoxy) is 1. The molecule has 1 spiro atoms. The number of benzene rings is 2. The largest absolute Gasteiger partial charge is 0.481 e. The molecule has 1 aliphatic carbocycles. The van der Waals surface area contributed by atoms with Crippen LogP contribution in [0, 0.1) is 13.8 Å². The van der Waals surface area contributed by atoms with Crippen molar-refractivity contribution in [3.63, 3.8) is 0 Å². The Hall–Kier alpha value is -5.56. The molecule has 262 valence electrons. The molecule has 13 heteroatoms. The smallest absolute Gasteiger partial charge is 0.330 e. The maximum absolute atomic E-state index is 13.2. The van der Waals surface area contributed by atoms with E-state index in [0.717, 1.165) is 88.1 Å². The molecule has 2 atom stereocenters. The van der Waals surface area contributed by atoms with E-state index >= 15 is 0 Å². The van der Waals surface area contributed by atoms with Gasteiger partial charge in [-0.1, -0.05) is 30.3 Å². The number of carbonyl (C=O) groups excluding carboxylic acids is 1. The highest BCUT2D eigenvalue weighted by Crippen LogP contribution is 2.46. The fourth-order valence-corrected chi connectivity index (χ4v) is 8.39. The average molecular weight is 688 g/mol. The van der Waals surface area contributed by atoms with Crippen LogP contribution in [0.2, 0.25) is 0 Å². The molecule has 0 bridgehead atoms. The minimum Gasteiger partial charge on any atom is -0.481 e. The summed E-state index contributed by atoms with van der Waals surface area (Å²) < 4.78 is 8.46. The van der Waals surface area contributed by atoms with Gasteiger partial charge in [0.2, 0.25) is 5.88 Å². The van der Waals surface area contributed by atoms with Gasteiger partial charge < -0.3 is 20.7 Å². The van der Waals surface area contributed by atoms with Crippen molar-refractivity contribution in [1.29, 1.82) is 0 Å². The van der Waals surface area contributed by atoms with Gasteiger partial charge >= 0.3 is 11.7 Å². The number of anilines is 2. The molecule has 5 heterocycles. The summed E-state index contributed by atoms with van der Waals surface area (Å²) in [4.78, 5) is 45.5. The van der Waals surface area contributed by atoms with E-state index in [2.05, 4.69) is 68.3 Å². The molecule has 5 aromatic rings. The molecule has 51 heavy (non-hydrogen) atoms. The second kappa shape index (κ2) is 12.3. The fraction of sp³-hybridized carbons (Fsp3) is 0.368. The van der Waals surface area contributed by atoms with Crippen LogP contribution >= 0.6 is 0 Å². The van der Waals surface area contributed by atoms with Crippen molar-refractivity contribution < 1.29 is 9.53 Å². The fourth-order valence-electron chi connectivity index (χ4n) is 8.39.